The van der Waals surface area contributed by atoms with Gasteiger partial charge in [-0.05, 0) is 92.6 Å². The van der Waals surface area contributed by atoms with Crippen LogP contribution in [0.1, 0.15) is 22.5 Å². The molecule has 44 heavy (non-hydrogen) atoms. The van der Waals surface area contributed by atoms with Crippen molar-refractivity contribution in [1.29, 1.82) is 0 Å². The second-order valence-electron chi connectivity index (χ2n) is 9.81. The summed E-state index contributed by atoms with van der Waals surface area (Å²) in [4.78, 5) is 60.8. The molecule has 5 rings (SSSR count). The minimum atomic E-state index is -0.839. The summed E-state index contributed by atoms with van der Waals surface area (Å²) in [6.07, 6.45) is 1.44. The van der Waals surface area contributed by atoms with Gasteiger partial charge in [-0.1, -0.05) is 15.9 Å². The van der Waals surface area contributed by atoms with Crippen LogP contribution in [-0.4, -0.2) is 32.3 Å². The number of hydrogen-bond donors (Lipinski definition) is 1. The number of urea groups is 1. The molecule has 1 aliphatic rings. The van der Waals surface area contributed by atoms with Crippen molar-refractivity contribution in [2.24, 2.45) is 0 Å². The van der Waals surface area contributed by atoms with Crippen LogP contribution in [0.25, 0.3) is 11.8 Å². The molecule has 0 atom stereocenters. The summed E-state index contributed by atoms with van der Waals surface area (Å²) in [5.74, 6) is -1.46. The Hall–Kier alpha value is -5.63. The van der Waals surface area contributed by atoms with E-state index in [-0.39, 0.29) is 17.1 Å². The zero-order chi connectivity index (χ0) is 31.9. The zero-order valence-electron chi connectivity index (χ0n) is 23.4. The predicted octanol–water partition coefficient (Wildman–Crippen LogP) is 6.44. The Bertz CT molecular complexity index is 1930. The van der Waals surface area contributed by atoms with Crippen LogP contribution in [0.4, 0.5) is 21.9 Å². The number of benzene rings is 3. The molecule has 1 saturated heterocycles. The van der Waals surface area contributed by atoms with Gasteiger partial charge >= 0.3 is 11.7 Å². The van der Waals surface area contributed by atoms with E-state index in [0.29, 0.717) is 28.2 Å². The van der Waals surface area contributed by atoms with Gasteiger partial charge in [-0.3, -0.25) is 35.1 Å². The SMILES string of the molecule is Cc1cc(Br)ccc1N1C(=O)NC(=O)/C(=C\c2cc(C)n(-c3ccc(Oc4ccc([N+](=O)[O-])cc4[N+](=O)[O-])cc3)c2C)C1=O. The van der Waals surface area contributed by atoms with Gasteiger partial charge in [-0.25, -0.2) is 9.69 Å². The molecule has 4 amide bonds. The highest BCUT2D eigenvalue weighted by molar-refractivity contribution is 9.10. The van der Waals surface area contributed by atoms with E-state index in [4.69, 9.17) is 4.74 Å². The number of anilines is 1. The second kappa shape index (κ2) is 11.6. The topological polar surface area (TPSA) is 167 Å². The summed E-state index contributed by atoms with van der Waals surface area (Å²) < 4.78 is 8.30. The third-order valence-corrected chi connectivity index (χ3v) is 7.44. The Morgan fingerprint density at radius 2 is 1.59 bits per heavy atom. The first-order valence-corrected chi connectivity index (χ1v) is 13.7. The van der Waals surface area contributed by atoms with Crippen molar-refractivity contribution in [2.75, 3.05) is 4.90 Å². The minimum Gasteiger partial charge on any atom is -0.450 e. The van der Waals surface area contributed by atoms with Crippen LogP contribution >= 0.6 is 15.9 Å². The number of carbonyl (C=O) groups is 3. The van der Waals surface area contributed by atoms with E-state index >= 15 is 0 Å². The fourth-order valence-corrected chi connectivity index (χ4v) is 5.35. The standard InChI is InChI=1S/C30H22BrN5O8/c1-16-12-20(31)4-10-25(16)34-29(38)24(28(37)32-30(34)39)14-19-13-17(2)33(18(19)3)21-5-8-23(9-6-21)44-27-11-7-22(35(40)41)15-26(27)36(42)43/h4-15H,1-3H3,(H,32,37,39)/b24-14+. The van der Waals surface area contributed by atoms with E-state index in [2.05, 4.69) is 21.2 Å². The van der Waals surface area contributed by atoms with Gasteiger partial charge in [-0.2, -0.15) is 0 Å². The Morgan fingerprint density at radius 1 is 0.886 bits per heavy atom. The van der Waals surface area contributed by atoms with Crippen molar-refractivity contribution in [3.05, 3.63) is 120 Å². The molecule has 0 unspecified atom stereocenters. The minimum absolute atomic E-state index is 0.156. The summed E-state index contributed by atoms with van der Waals surface area (Å²) in [5, 5.41) is 24.7. The van der Waals surface area contributed by atoms with Gasteiger partial charge in [0, 0.05) is 27.6 Å². The zero-order valence-corrected chi connectivity index (χ0v) is 24.9. The number of ether oxygens (including phenoxy) is 1. The highest BCUT2D eigenvalue weighted by atomic mass is 79.9. The molecule has 13 nitrogen and oxygen atoms in total. The molecule has 0 aliphatic carbocycles. The van der Waals surface area contributed by atoms with Crippen molar-refractivity contribution in [1.82, 2.24) is 9.88 Å². The van der Waals surface area contributed by atoms with Gasteiger partial charge in [0.25, 0.3) is 17.5 Å². The van der Waals surface area contributed by atoms with Crippen LogP contribution < -0.4 is 15.0 Å². The highest BCUT2D eigenvalue weighted by Crippen LogP contribution is 2.35. The molecule has 1 aliphatic heterocycles. The lowest BCUT2D eigenvalue weighted by Crippen LogP contribution is -2.54. The first-order valence-electron chi connectivity index (χ1n) is 12.9. The molecule has 3 aromatic carbocycles. The molecule has 4 aromatic rings. The lowest BCUT2D eigenvalue weighted by Gasteiger charge is -2.27. The Labute approximate surface area is 257 Å². The van der Waals surface area contributed by atoms with Crippen molar-refractivity contribution >= 4 is 56.9 Å². The molecule has 14 heteroatoms. The van der Waals surface area contributed by atoms with Crippen LogP contribution in [0, 0.1) is 41.0 Å². The quantitative estimate of drug-likeness (QED) is 0.102. The summed E-state index contributed by atoms with van der Waals surface area (Å²) in [5.41, 5.74) is 2.55. The van der Waals surface area contributed by atoms with Gasteiger partial charge in [0.15, 0.2) is 0 Å². The van der Waals surface area contributed by atoms with E-state index in [1.807, 2.05) is 11.5 Å². The first kappa shape index (κ1) is 29.8. The number of nitro groups is 2. The molecule has 0 spiro atoms. The average Bonchev–Trinajstić information content (AvgIpc) is 3.24. The first-order chi connectivity index (χ1) is 20.8. The number of hydrogen-bond acceptors (Lipinski definition) is 8. The fraction of sp³-hybridized carbons (Fsp3) is 0.100. The third-order valence-electron chi connectivity index (χ3n) is 6.94. The third kappa shape index (κ3) is 5.57. The van der Waals surface area contributed by atoms with Gasteiger partial charge in [0.05, 0.1) is 21.6 Å². The maximum absolute atomic E-state index is 13.4. The average molecular weight is 660 g/mol. The van der Waals surface area contributed by atoms with E-state index < -0.39 is 39.1 Å². The number of rotatable bonds is 7. The number of barbiturate groups is 1. The Balaban J connectivity index is 1.44. The van der Waals surface area contributed by atoms with Crippen molar-refractivity contribution < 1.29 is 29.0 Å². The Kier molecular flexibility index (Phi) is 7.85. The number of nitrogens with zero attached hydrogens (tertiary/aromatic N) is 4. The van der Waals surface area contributed by atoms with Crippen LogP contribution in [0.3, 0.4) is 0 Å². The molecule has 222 valence electrons. The van der Waals surface area contributed by atoms with Crippen LogP contribution in [-0.2, 0) is 9.59 Å². The number of amides is 4. The Morgan fingerprint density at radius 3 is 2.23 bits per heavy atom. The molecule has 0 bridgehead atoms. The number of nitro benzene ring substituents is 2. The monoisotopic (exact) mass is 659 g/mol. The normalized spacial score (nSPS) is 14.1. The van der Waals surface area contributed by atoms with E-state index in [9.17, 15) is 34.6 Å². The van der Waals surface area contributed by atoms with Gasteiger partial charge in [0.2, 0.25) is 5.75 Å². The summed E-state index contributed by atoms with van der Waals surface area (Å²) in [6.45, 7) is 5.39. The van der Waals surface area contributed by atoms with Crippen LogP contribution in [0.5, 0.6) is 11.5 Å². The maximum Gasteiger partial charge on any atom is 0.335 e. The molecular weight excluding hydrogens is 638 g/mol. The van der Waals surface area contributed by atoms with Crippen LogP contribution in [0.15, 0.2) is 76.8 Å². The summed E-state index contributed by atoms with van der Waals surface area (Å²) >= 11 is 3.36. The molecule has 1 aromatic heterocycles. The van der Waals surface area contributed by atoms with Crippen LogP contribution in [0.2, 0.25) is 0 Å². The van der Waals surface area contributed by atoms with E-state index in [1.165, 1.54) is 12.1 Å². The van der Waals surface area contributed by atoms with E-state index in [1.54, 1.807) is 62.4 Å². The number of carbonyl (C=O) groups excluding carboxylic acids is 3. The largest absolute Gasteiger partial charge is 0.450 e. The summed E-state index contributed by atoms with van der Waals surface area (Å²) in [7, 11) is 0. The lowest BCUT2D eigenvalue weighted by atomic mass is 10.1. The maximum atomic E-state index is 13.4. The number of aryl methyl sites for hydroxylation is 2. The molecule has 1 N–H and O–H groups in total. The lowest BCUT2D eigenvalue weighted by molar-refractivity contribution is -0.394. The molecule has 2 heterocycles. The molecule has 0 radical (unpaired) electrons. The molecule has 1 fully saturated rings. The number of halogens is 1. The van der Waals surface area contributed by atoms with Crippen molar-refractivity contribution in [2.45, 2.75) is 20.8 Å². The number of nitrogens with one attached hydrogen (secondary N) is 1. The van der Waals surface area contributed by atoms with Crippen molar-refractivity contribution in [3.63, 3.8) is 0 Å². The highest BCUT2D eigenvalue weighted by Gasteiger charge is 2.37. The van der Waals surface area contributed by atoms with Gasteiger partial charge in [0.1, 0.15) is 11.3 Å². The summed E-state index contributed by atoms with van der Waals surface area (Å²) in [6, 6.07) is 15.7. The number of non-ortho nitro benzene ring substituents is 1. The van der Waals surface area contributed by atoms with E-state index in [0.717, 1.165) is 27.2 Å². The fourth-order valence-electron chi connectivity index (χ4n) is 4.87. The molecule has 0 saturated carbocycles. The number of aromatic nitrogens is 1. The van der Waals surface area contributed by atoms with Gasteiger partial charge < -0.3 is 9.30 Å². The molecular formula is C30H22BrN5O8. The van der Waals surface area contributed by atoms with Crippen molar-refractivity contribution in [3.8, 4) is 17.2 Å². The smallest absolute Gasteiger partial charge is 0.335 e. The van der Waals surface area contributed by atoms with Gasteiger partial charge in [-0.15, -0.1) is 0 Å². The predicted molar refractivity (Wildman–Crippen MR) is 163 cm³/mol. The second-order valence-corrected chi connectivity index (χ2v) is 10.7. The number of imide groups is 2.